The van der Waals surface area contributed by atoms with Crippen molar-refractivity contribution in [2.24, 2.45) is 11.1 Å². The Morgan fingerprint density at radius 2 is 1.69 bits per heavy atom. The van der Waals surface area contributed by atoms with Gasteiger partial charge in [-0.05, 0) is 82.3 Å². The van der Waals surface area contributed by atoms with Gasteiger partial charge in [0.1, 0.15) is 11.6 Å². The maximum atomic E-state index is 11.3. The number of ether oxygens (including phenoxy) is 1. The van der Waals surface area contributed by atoms with Gasteiger partial charge < -0.3 is 20.4 Å². The number of piperidine rings is 1. The van der Waals surface area contributed by atoms with Crippen LogP contribution in [0.25, 0.3) is 22.2 Å². The highest BCUT2D eigenvalue weighted by Gasteiger charge is 2.43. The van der Waals surface area contributed by atoms with Crippen LogP contribution in [0.15, 0.2) is 30.5 Å². The molecule has 1 aromatic carbocycles. The third kappa shape index (κ3) is 14.5. The number of likely N-dealkylation sites (tertiary alicyclic amines) is 1. The second kappa shape index (κ2) is 21.3. The molecule has 8 nitrogen and oxygen atoms in total. The van der Waals surface area contributed by atoms with Crippen molar-refractivity contribution in [1.82, 2.24) is 19.9 Å². The van der Waals surface area contributed by atoms with Gasteiger partial charge in [-0.2, -0.15) is 0 Å². The number of ketones is 1. The van der Waals surface area contributed by atoms with Crippen LogP contribution >= 0.6 is 11.6 Å². The first-order valence-corrected chi connectivity index (χ1v) is 16.5. The number of primary amides is 1. The molecule has 3 N–H and O–H groups in total. The number of methoxy groups -OCH3 is 1. The molecule has 1 aliphatic carbocycles. The van der Waals surface area contributed by atoms with E-state index in [0.29, 0.717) is 29.5 Å². The van der Waals surface area contributed by atoms with E-state index in [1.165, 1.54) is 45.7 Å². The van der Waals surface area contributed by atoms with Gasteiger partial charge in [0.2, 0.25) is 11.8 Å². The van der Waals surface area contributed by atoms with Crippen LogP contribution in [0.1, 0.15) is 97.7 Å². The number of carbonyl (C=O) groups is 2. The Bertz CT molecular complexity index is 1320. The number of aromatic nitrogens is 3. The summed E-state index contributed by atoms with van der Waals surface area (Å²) in [4.78, 5) is 35.5. The third-order valence-corrected chi connectivity index (χ3v) is 8.11. The van der Waals surface area contributed by atoms with Gasteiger partial charge in [0, 0.05) is 36.6 Å². The summed E-state index contributed by atoms with van der Waals surface area (Å²) in [5, 5.41) is 1.65. The van der Waals surface area contributed by atoms with E-state index >= 15 is 0 Å². The van der Waals surface area contributed by atoms with E-state index in [1.54, 1.807) is 7.11 Å². The fraction of sp³-hybridized carbons (Fsp3) is 0.556. The van der Waals surface area contributed by atoms with Crippen molar-refractivity contribution in [3.8, 4) is 30.0 Å². The number of nitrogens with zero attached hydrogens (tertiary/aromatic N) is 3. The summed E-state index contributed by atoms with van der Waals surface area (Å²) in [6.45, 7) is 9.92. The first-order valence-electron chi connectivity index (χ1n) is 16.1. The lowest BCUT2D eigenvalue weighted by Gasteiger charge is -2.28. The Balaban J connectivity index is 0.000000486. The number of Topliss-reactive ketones (excluding diaryl/α,β-unsaturated/α-hetero) is 1. The molecule has 1 spiro atoms. The molecule has 5 rings (SSSR count). The van der Waals surface area contributed by atoms with Gasteiger partial charge >= 0.3 is 0 Å². The van der Waals surface area contributed by atoms with Gasteiger partial charge in [0.05, 0.1) is 30.1 Å². The van der Waals surface area contributed by atoms with Crippen molar-refractivity contribution in [1.29, 1.82) is 0 Å². The molecule has 1 amide bonds. The number of H-pyrrole nitrogens is 1. The third-order valence-electron chi connectivity index (χ3n) is 7.88. The molecule has 248 valence electrons. The summed E-state index contributed by atoms with van der Waals surface area (Å²) in [7, 11) is 3.85. The van der Waals surface area contributed by atoms with Crippen LogP contribution in [0.3, 0.4) is 0 Å². The summed E-state index contributed by atoms with van der Waals surface area (Å²) in [6.07, 6.45) is 22.3. The number of amides is 1. The molecule has 1 aliphatic heterocycles. The van der Waals surface area contributed by atoms with Crippen LogP contribution in [0.2, 0.25) is 5.02 Å². The Hall–Kier alpha value is -3.41. The van der Waals surface area contributed by atoms with Crippen LogP contribution in [-0.2, 0) is 16.0 Å². The lowest BCUT2D eigenvalue weighted by atomic mass is 9.94. The summed E-state index contributed by atoms with van der Waals surface area (Å²) < 4.78 is 5.48. The lowest BCUT2D eigenvalue weighted by molar-refractivity contribution is -0.119. The molecule has 9 heteroatoms. The highest BCUT2D eigenvalue weighted by atomic mass is 35.5. The maximum absolute atomic E-state index is 11.3. The largest absolute Gasteiger partial charge is 0.480 e. The van der Waals surface area contributed by atoms with Crippen molar-refractivity contribution < 1.29 is 14.3 Å². The van der Waals surface area contributed by atoms with Gasteiger partial charge in [-0.1, -0.05) is 51.3 Å². The zero-order valence-electron chi connectivity index (χ0n) is 28.3. The molecule has 0 atom stereocenters. The second-order valence-corrected chi connectivity index (χ2v) is 11.8. The summed E-state index contributed by atoms with van der Waals surface area (Å²) in [6, 6.07) is 7.68. The second-order valence-electron chi connectivity index (χ2n) is 11.3. The van der Waals surface area contributed by atoms with E-state index in [0.717, 1.165) is 65.5 Å². The normalized spacial score (nSPS) is 14.2. The summed E-state index contributed by atoms with van der Waals surface area (Å²) >= 11 is 6.06. The number of benzene rings is 1. The number of nitrogens with one attached hydrogen (secondary N) is 1. The minimum atomic E-state index is -0.333. The van der Waals surface area contributed by atoms with E-state index < -0.39 is 0 Å². The van der Waals surface area contributed by atoms with Crippen LogP contribution in [0.4, 0.5) is 0 Å². The number of carbonyl (C=O) groups excluding carboxylic acids is 2. The Kier molecular flexibility index (Phi) is 18.8. The zero-order valence-corrected chi connectivity index (χ0v) is 29.0. The molecule has 0 radical (unpaired) electrons. The fourth-order valence-electron chi connectivity index (χ4n) is 5.01. The molecule has 0 bridgehead atoms. The number of aryl methyl sites for hydroxylation is 1. The Morgan fingerprint density at radius 3 is 2.27 bits per heavy atom. The average molecular weight is 640 g/mol. The maximum Gasteiger partial charge on any atom is 0.223 e. The van der Waals surface area contributed by atoms with Gasteiger partial charge in [-0.25, -0.2) is 9.97 Å². The van der Waals surface area contributed by atoms with Crippen LogP contribution in [0, 0.1) is 18.3 Å². The first-order chi connectivity index (χ1) is 21.6. The van der Waals surface area contributed by atoms with Crippen LogP contribution in [0.5, 0.6) is 5.88 Å². The SMILES string of the molecule is C#C.CC.CC(N)=O.CCC(=O)CCCCCCc1ncc(-c2cc3ccc(Cl)cc3nc2OC)[nH]1.CN1CCC2(CC1)CC2. The van der Waals surface area contributed by atoms with Crippen molar-refractivity contribution in [3.63, 3.8) is 0 Å². The number of pyridine rings is 1. The molecule has 2 aliphatic rings. The summed E-state index contributed by atoms with van der Waals surface area (Å²) in [5.74, 6) is 1.53. The Morgan fingerprint density at radius 1 is 1.07 bits per heavy atom. The highest BCUT2D eigenvalue weighted by Crippen LogP contribution is 2.53. The molecule has 1 saturated carbocycles. The first kappa shape index (κ1) is 39.6. The number of halogens is 1. The van der Waals surface area contributed by atoms with Crippen molar-refractivity contribution in [2.45, 2.75) is 98.3 Å². The van der Waals surface area contributed by atoms with Crippen molar-refractivity contribution >= 4 is 34.2 Å². The van der Waals surface area contributed by atoms with E-state index in [1.807, 2.05) is 51.2 Å². The number of unbranched alkanes of at least 4 members (excludes halogenated alkanes) is 3. The average Bonchev–Trinajstić information content (AvgIpc) is 3.65. The molecule has 3 heterocycles. The lowest BCUT2D eigenvalue weighted by Crippen LogP contribution is -2.30. The molecule has 0 unspecified atom stereocenters. The topological polar surface area (TPSA) is 114 Å². The molecule has 2 aromatic heterocycles. The number of imidazole rings is 1. The van der Waals surface area contributed by atoms with Crippen molar-refractivity contribution in [3.05, 3.63) is 41.3 Å². The number of rotatable bonds is 10. The standard InChI is InChI=1S/C22H26ClN3O2.C8H15N.C2H5NO.C2H6.C2H2/c1-3-17(27)8-6-4-5-7-9-21-24-14-20(25-21)18-12-15-10-11-16(23)13-19(15)26-22(18)28-2;1-9-6-4-8(2-3-8)5-7-9;1-2(3)4;2*1-2/h10-14H,3-9H2,1-2H3,(H,24,25);2-7H2,1H3;1H3,(H2,3,4);1-2H3;1-2H. The summed E-state index contributed by atoms with van der Waals surface area (Å²) in [5.41, 5.74) is 7.92. The molecular formula is C36H54ClN5O3. The number of terminal acetylenes is 1. The smallest absolute Gasteiger partial charge is 0.223 e. The minimum absolute atomic E-state index is 0.333. The van der Waals surface area contributed by atoms with E-state index in [-0.39, 0.29) is 5.91 Å². The highest BCUT2D eigenvalue weighted by molar-refractivity contribution is 6.31. The quantitative estimate of drug-likeness (QED) is 0.171. The number of fused-ring (bicyclic) bond motifs is 1. The Labute approximate surface area is 275 Å². The van der Waals surface area contributed by atoms with Gasteiger partial charge in [0.25, 0.3) is 0 Å². The van der Waals surface area contributed by atoms with E-state index in [4.69, 9.17) is 16.3 Å². The van der Waals surface area contributed by atoms with Gasteiger partial charge in [-0.15, -0.1) is 12.8 Å². The fourth-order valence-corrected chi connectivity index (χ4v) is 5.18. The van der Waals surface area contributed by atoms with E-state index in [2.05, 4.69) is 45.5 Å². The van der Waals surface area contributed by atoms with Gasteiger partial charge in [0.15, 0.2) is 0 Å². The molecule has 45 heavy (non-hydrogen) atoms. The number of hydrogen-bond donors (Lipinski definition) is 2. The number of aromatic amines is 1. The zero-order chi connectivity index (χ0) is 33.8. The van der Waals surface area contributed by atoms with E-state index in [9.17, 15) is 9.59 Å². The number of nitrogens with two attached hydrogens (primary N) is 1. The molecule has 1 saturated heterocycles. The number of hydrogen-bond acceptors (Lipinski definition) is 6. The van der Waals surface area contributed by atoms with Gasteiger partial charge in [-0.3, -0.25) is 9.59 Å². The molecule has 2 fully saturated rings. The van der Waals surface area contributed by atoms with Crippen LogP contribution < -0.4 is 10.5 Å². The molecule has 3 aromatic rings. The molecular weight excluding hydrogens is 586 g/mol. The predicted octanol–water partition coefficient (Wildman–Crippen LogP) is 8.02. The minimum Gasteiger partial charge on any atom is -0.480 e. The van der Waals surface area contributed by atoms with Crippen molar-refractivity contribution in [2.75, 3.05) is 27.2 Å². The van der Waals surface area contributed by atoms with Crippen LogP contribution in [-0.4, -0.2) is 58.8 Å². The predicted molar refractivity (Wildman–Crippen MR) is 187 cm³/mol. The monoisotopic (exact) mass is 639 g/mol.